The van der Waals surface area contributed by atoms with Crippen LogP contribution in [0, 0.1) is 0 Å². The van der Waals surface area contributed by atoms with Crippen molar-refractivity contribution in [1.29, 1.82) is 0 Å². The lowest BCUT2D eigenvalue weighted by Crippen LogP contribution is -2.46. The second-order valence-corrected chi connectivity index (χ2v) is 5.90. The van der Waals surface area contributed by atoms with Gasteiger partial charge in [0.2, 0.25) is 5.95 Å². The smallest absolute Gasteiger partial charge is 0.207 e. The Bertz CT molecular complexity index is 789. The number of anilines is 1. The van der Waals surface area contributed by atoms with Gasteiger partial charge in [0.25, 0.3) is 0 Å². The van der Waals surface area contributed by atoms with Crippen LogP contribution in [0.1, 0.15) is 5.69 Å². The second-order valence-electron chi connectivity index (χ2n) is 5.90. The van der Waals surface area contributed by atoms with E-state index >= 15 is 0 Å². The van der Waals surface area contributed by atoms with Crippen LogP contribution in [0.5, 0.6) is 0 Å². The minimum Gasteiger partial charge on any atom is -0.340 e. The zero-order valence-corrected chi connectivity index (χ0v) is 13.3. The van der Waals surface area contributed by atoms with E-state index in [0.29, 0.717) is 0 Å². The molecule has 1 aliphatic rings. The lowest BCUT2D eigenvalue weighted by molar-refractivity contribution is 0.245. The van der Waals surface area contributed by atoms with E-state index in [9.17, 15) is 0 Å². The maximum absolute atomic E-state index is 4.74. The van der Waals surface area contributed by atoms with E-state index in [1.54, 1.807) is 0 Å². The fraction of sp³-hybridized carbons (Fsp3) is 0.353. The minimum atomic E-state index is 0.915. The first-order valence-electron chi connectivity index (χ1n) is 7.96. The Morgan fingerprint density at radius 1 is 0.957 bits per heavy atom. The second kappa shape index (κ2) is 5.96. The topological polar surface area (TPSA) is 50.1 Å². The van der Waals surface area contributed by atoms with Gasteiger partial charge >= 0.3 is 0 Å². The van der Waals surface area contributed by atoms with Crippen molar-refractivity contribution >= 4 is 17.1 Å². The van der Waals surface area contributed by atoms with Crippen LogP contribution in [0.3, 0.4) is 0 Å². The summed E-state index contributed by atoms with van der Waals surface area (Å²) in [4.78, 5) is 18.4. The molecule has 6 heteroatoms. The molecule has 0 aliphatic carbocycles. The SMILES string of the molecule is Cn1c(N2CCN(Cc3ccccn3)CC2)nc2cccnc21. The Morgan fingerprint density at radius 3 is 2.52 bits per heavy atom. The third kappa shape index (κ3) is 2.77. The van der Waals surface area contributed by atoms with Crippen LogP contribution < -0.4 is 4.90 Å². The van der Waals surface area contributed by atoms with Crippen molar-refractivity contribution in [2.75, 3.05) is 31.1 Å². The van der Waals surface area contributed by atoms with Crippen LogP contribution >= 0.6 is 0 Å². The van der Waals surface area contributed by atoms with Gasteiger partial charge in [0.15, 0.2) is 5.65 Å². The molecule has 6 nitrogen and oxygen atoms in total. The Kier molecular flexibility index (Phi) is 3.67. The summed E-state index contributed by atoms with van der Waals surface area (Å²) in [5, 5.41) is 0. The molecule has 118 valence electrons. The molecule has 4 rings (SSSR count). The van der Waals surface area contributed by atoms with Gasteiger partial charge in [-0.25, -0.2) is 9.97 Å². The van der Waals surface area contributed by atoms with Gasteiger partial charge in [-0.15, -0.1) is 0 Å². The number of hydrogen-bond donors (Lipinski definition) is 0. The van der Waals surface area contributed by atoms with Crippen LogP contribution in [0.4, 0.5) is 5.95 Å². The molecule has 3 aromatic rings. The molecule has 0 unspecified atom stereocenters. The molecular weight excluding hydrogens is 288 g/mol. The van der Waals surface area contributed by atoms with E-state index in [4.69, 9.17) is 4.98 Å². The highest BCUT2D eigenvalue weighted by Crippen LogP contribution is 2.20. The summed E-state index contributed by atoms with van der Waals surface area (Å²) < 4.78 is 2.09. The Balaban J connectivity index is 1.45. The monoisotopic (exact) mass is 308 g/mol. The van der Waals surface area contributed by atoms with Crippen molar-refractivity contribution in [1.82, 2.24) is 24.4 Å². The molecule has 3 aromatic heterocycles. The third-order valence-electron chi connectivity index (χ3n) is 4.37. The van der Waals surface area contributed by atoms with E-state index < -0.39 is 0 Å². The van der Waals surface area contributed by atoms with Gasteiger partial charge in [0.05, 0.1) is 5.69 Å². The van der Waals surface area contributed by atoms with E-state index in [-0.39, 0.29) is 0 Å². The van der Waals surface area contributed by atoms with E-state index in [0.717, 1.165) is 55.5 Å². The number of nitrogens with zero attached hydrogens (tertiary/aromatic N) is 6. The summed E-state index contributed by atoms with van der Waals surface area (Å²) in [5.74, 6) is 1.01. The highest BCUT2D eigenvalue weighted by Gasteiger charge is 2.21. The van der Waals surface area contributed by atoms with Crippen molar-refractivity contribution in [3.05, 3.63) is 48.4 Å². The molecule has 4 heterocycles. The first kappa shape index (κ1) is 14.1. The van der Waals surface area contributed by atoms with Gasteiger partial charge in [-0.3, -0.25) is 14.5 Å². The zero-order chi connectivity index (χ0) is 15.6. The number of fused-ring (bicyclic) bond motifs is 1. The van der Waals surface area contributed by atoms with Gasteiger partial charge in [-0.1, -0.05) is 6.07 Å². The third-order valence-corrected chi connectivity index (χ3v) is 4.37. The average Bonchev–Trinajstić information content (AvgIpc) is 2.94. The van der Waals surface area contributed by atoms with Gasteiger partial charge < -0.3 is 4.90 Å². The van der Waals surface area contributed by atoms with Crippen molar-refractivity contribution in [3.8, 4) is 0 Å². The molecule has 23 heavy (non-hydrogen) atoms. The average molecular weight is 308 g/mol. The quantitative estimate of drug-likeness (QED) is 0.737. The van der Waals surface area contributed by atoms with Crippen LogP contribution in [0.2, 0.25) is 0 Å². The Hall–Kier alpha value is -2.47. The zero-order valence-electron chi connectivity index (χ0n) is 13.3. The van der Waals surface area contributed by atoms with Gasteiger partial charge in [-0.05, 0) is 24.3 Å². The maximum Gasteiger partial charge on any atom is 0.207 e. The van der Waals surface area contributed by atoms with Crippen molar-refractivity contribution < 1.29 is 0 Å². The number of pyridine rings is 2. The summed E-state index contributed by atoms with van der Waals surface area (Å²) in [5.41, 5.74) is 3.03. The first-order chi connectivity index (χ1) is 11.3. The van der Waals surface area contributed by atoms with Gasteiger partial charge in [0.1, 0.15) is 5.52 Å². The summed E-state index contributed by atoms with van der Waals surface area (Å²) in [6.07, 6.45) is 3.68. The molecule has 1 aliphatic heterocycles. The van der Waals surface area contributed by atoms with Crippen LogP contribution in [0.25, 0.3) is 11.2 Å². The predicted molar refractivity (Wildman–Crippen MR) is 90.2 cm³/mol. The fourth-order valence-corrected chi connectivity index (χ4v) is 3.12. The standard InChI is InChI=1S/C17H20N6/c1-21-16-15(6-4-8-19-16)20-17(21)23-11-9-22(10-12-23)13-14-5-2-3-7-18-14/h2-8H,9-13H2,1H3. The maximum atomic E-state index is 4.74. The number of aryl methyl sites for hydroxylation is 1. The summed E-state index contributed by atoms with van der Waals surface area (Å²) in [7, 11) is 2.04. The molecule has 0 N–H and O–H groups in total. The molecule has 0 atom stereocenters. The van der Waals surface area contributed by atoms with Crippen molar-refractivity contribution in [2.45, 2.75) is 6.54 Å². The van der Waals surface area contributed by atoms with E-state index in [1.807, 2.05) is 43.7 Å². The molecule has 0 spiro atoms. The highest BCUT2D eigenvalue weighted by molar-refractivity contribution is 5.74. The van der Waals surface area contributed by atoms with Crippen LogP contribution in [0.15, 0.2) is 42.7 Å². The summed E-state index contributed by atoms with van der Waals surface area (Å²) >= 11 is 0. The van der Waals surface area contributed by atoms with Crippen molar-refractivity contribution in [3.63, 3.8) is 0 Å². The fourth-order valence-electron chi connectivity index (χ4n) is 3.12. The Labute approximate surface area is 135 Å². The molecule has 0 bridgehead atoms. The largest absolute Gasteiger partial charge is 0.340 e. The lowest BCUT2D eigenvalue weighted by Gasteiger charge is -2.35. The predicted octanol–water partition coefficient (Wildman–Crippen LogP) is 1.69. The normalized spacial score (nSPS) is 16.1. The van der Waals surface area contributed by atoms with E-state index in [1.165, 1.54) is 0 Å². The molecule has 0 saturated carbocycles. The number of piperazine rings is 1. The molecular formula is C17H20N6. The lowest BCUT2D eigenvalue weighted by atomic mass is 10.3. The van der Waals surface area contributed by atoms with E-state index in [2.05, 4.69) is 30.4 Å². The Morgan fingerprint density at radius 2 is 1.78 bits per heavy atom. The minimum absolute atomic E-state index is 0.915. The summed E-state index contributed by atoms with van der Waals surface area (Å²) in [6, 6.07) is 10.0. The van der Waals surface area contributed by atoms with Crippen molar-refractivity contribution in [2.24, 2.45) is 7.05 Å². The molecule has 1 fully saturated rings. The molecule has 1 saturated heterocycles. The molecule has 0 aromatic carbocycles. The molecule has 0 radical (unpaired) electrons. The first-order valence-corrected chi connectivity index (χ1v) is 7.96. The number of hydrogen-bond acceptors (Lipinski definition) is 5. The van der Waals surface area contributed by atoms with Crippen LogP contribution in [-0.2, 0) is 13.6 Å². The van der Waals surface area contributed by atoms with Gasteiger partial charge in [0, 0.05) is 52.2 Å². The highest BCUT2D eigenvalue weighted by atomic mass is 15.4. The summed E-state index contributed by atoms with van der Waals surface area (Å²) in [6.45, 7) is 4.91. The number of aromatic nitrogens is 4. The van der Waals surface area contributed by atoms with Crippen LogP contribution in [-0.4, -0.2) is 50.6 Å². The number of rotatable bonds is 3. The van der Waals surface area contributed by atoms with Gasteiger partial charge in [-0.2, -0.15) is 0 Å². The number of imidazole rings is 1. The molecule has 0 amide bonds.